The van der Waals surface area contributed by atoms with E-state index in [9.17, 15) is 17.6 Å². The Balaban J connectivity index is 3.02. The van der Waals surface area contributed by atoms with Gasteiger partial charge >= 0.3 is 0 Å². The number of nitrogens with one attached hydrogen (secondary N) is 1. The molecule has 0 aromatic heterocycles. The number of anilines is 1. The molecule has 1 amide bonds. The molecule has 0 aliphatic heterocycles. The summed E-state index contributed by atoms with van der Waals surface area (Å²) in [5.41, 5.74) is 4.72. The van der Waals surface area contributed by atoms with Crippen LogP contribution in [0.3, 0.4) is 0 Å². The normalized spacial score (nSPS) is 11.2. The van der Waals surface area contributed by atoms with Crippen LogP contribution in [0.15, 0.2) is 18.2 Å². The van der Waals surface area contributed by atoms with Crippen LogP contribution in [0, 0.1) is 5.82 Å². The maximum atomic E-state index is 13.1. The highest BCUT2D eigenvalue weighted by Gasteiger charge is 2.13. The number of hydrogen-bond donors (Lipinski definition) is 2. The van der Waals surface area contributed by atoms with Crippen molar-refractivity contribution < 1.29 is 17.6 Å². The van der Waals surface area contributed by atoms with E-state index in [1.165, 1.54) is 6.07 Å². The summed E-state index contributed by atoms with van der Waals surface area (Å²) in [6, 6.07) is 3.30. The first-order chi connectivity index (χ1) is 7.85. The lowest BCUT2D eigenvalue weighted by Gasteiger charge is -2.08. The Morgan fingerprint density at radius 2 is 2.12 bits per heavy atom. The van der Waals surface area contributed by atoms with Crippen LogP contribution in [-0.4, -0.2) is 20.1 Å². The maximum Gasteiger partial charge on any atom is 0.251 e. The van der Waals surface area contributed by atoms with E-state index in [4.69, 9.17) is 5.73 Å². The third-order valence-electron chi connectivity index (χ3n) is 1.98. The molecule has 0 spiro atoms. The fourth-order valence-corrected chi connectivity index (χ4v) is 2.40. The summed E-state index contributed by atoms with van der Waals surface area (Å²) in [6.45, 7) is 1.72. The van der Waals surface area contributed by atoms with Gasteiger partial charge in [-0.15, -0.1) is 0 Å². The third kappa shape index (κ3) is 3.70. The van der Waals surface area contributed by atoms with Gasteiger partial charge in [0.1, 0.15) is 5.82 Å². The molecule has 7 heteroatoms. The van der Waals surface area contributed by atoms with E-state index < -0.39 is 21.7 Å². The Hall–Kier alpha value is -1.63. The van der Waals surface area contributed by atoms with Gasteiger partial charge in [0.25, 0.3) is 5.91 Å². The van der Waals surface area contributed by atoms with Crippen LogP contribution in [0.5, 0.6) is 0 Å². The molecule has 3 N–H and O–H groups in total. The van der Waals surface area contributed by atoms with Gasteiger partial charge < -0.3 is 5.73 Å². The molecule has 0 aliphatic rings. The lowest BCUT2D eigenvalue weighted by atomic mass is 10.2. The van der Waals surface area contributed by atoms with Crippen molar-refractivity contribution >= 4 is 21.6 Å². The zero-order valence-corrected chi connectivity index (χ0v) is 10.1. The van der Waals surface area contributed by atoms with Crippen molar-refractivity contribution in [3.63, 3.8) is 0 Å². The lowest BCUT2D eigenvalue weighted by molar-refractivity contribution is 0.0996. The van der Waals surface area contributed by atoms with Gasteiger partial charge in [-0.1, -0.05) is 6.92 Å². The number of halogens is 1. The topological polar surface area (TPSA) is 89.3 Å². The summed E-state index contributed by atoms with van der Waals surface area (Å²) < 4.78 is 38.3. The monoisotopic (exact) mass is 260 g/mol. The standard InChI is InChI=1S/C10H13FN2O3S/c1-2-5-17(15,16)13-7-3-4-9(11)8(6-7)10(12)14/h3-4,6,13H,2,5H2,1H3,(H2,12,14). The van der Waals surface area contributed by atoms with E-state index in [1.54, 1.807) is 6.92 Å². The third-order valence-corrected chi connectivity index (χ3v) is 3.47. The number of amides is 1. The van der Waals surface area contributed by atoms with Crippen LogP contribution in [-0.2, 0) is 10.0 Å². The fraction of sp³-hybridized carbons (Fsp3) is 0.300. The van der Waals surface area contributed by atoms with E-state index in [0.717, 1.165) is 12.1 Å². The Kier molecular flexibility index (Phi) is 4.06. The summed E-state index contributed by atoms with van der Waals surface area (Å²) >= 11 is 0. The van der Waals surface area contributed by atoms with Gasteiger partial charge in [-0.05, 0) is 24.6 Å². The SMILES string of the molecule is CCCS(=O)(=O)Nc1ccc(F)c(C(N)=O)c1. The first-order valence-electron chi connectivity index (χ1n) is 4.95. The smallest absolute Gasteiger partial charge is 0.251 e. The van der Waals surface area contributed by atoms with Crippen molar-refractivity contribution in [3.8, 4) is 0 Å². The van der Waals surface area contributed by atoms with Gasteiger partial charge in [-0.25, -0.2) is 12.8 Å². The van der Waals surface area contributed by atoms with Crippen LogP contribution in [0.4, 0.5) is 10.1 Å². The molecule has 17 heavy (non-hydrogen) atoms. The fourth-order valence-electron chi connectivity index (χ4n) is 1.28. The van der Waals surface area contributed by atoms with E-state index in [-0.39, 0.29) is 17.0 Å². The molecule has 0 radical (unpaired) electrons. The highest BCUT2D eigenvalue weighted by molar-refractivity contribution is 7.92. The Bertz CT molecular complexity index is 528. The highest BCUT2D eigenvalue weighted by atomic mass is 32.2. The van der Waals surface area contributed by atoms with E-state index in [2.05, 4.69) is 4.72 Å². The minimum absolute atomic E-state index is 0.0454. The van der Waals surface area contributed by atoms with E-state index in [1.807, 2.05) is 0 Å². The quantitative estimate of drug-likeness (QED) is 0.830. The average Bonchev–Trinajstić information content (AvgIpc) is 2.20. The Morgan fingerprint density at radius 3 is 2.65 bits per heavy atom. The summed E-state index contributed by atoms with van der Waals surface area (Å²) in [5.74, 6) is -1.77. The van der Waals surface area contributed by atoms with Crippen molar-refractivity contribution in [1.82, 2.24) is 0 Å². The molecular weight excluding hydrogens is 247 g/mol. The second-order valence-electron chi connectivity index (χ2n) is 3.48. The van der Waals surface area contributed by atoms with Crippen LogP contribution < -0.4 is 10.5 Å². The molecule has 0 heterocycles. The molecule has 0 unspecified atom stereocenters. The first kappa shape index (κ1) is 13.4. The van der Waals surface area contributed by atoms with Gasteiger partial charge in [-0.3, -0.25) is 9.52 Å². The predicted octanol–water partition coefficient (Wildman–Crippen LogP) is 1.08. The number of primary amides is 1. The van der Waals surface area contributed by atoms with E-state index >= 15 is 0 Å². The predicted molar refractivity (Wildman–Crippen MR) is 62.6 cm³/mol. The highest BCUT2D eigenvalue weighted by Crippen LogP contribution is 2.15. The molecule has 0 atom stereocenters. The first-order valence-corrected chi connectivity index (χ1v) is 6.61. The molecule has 0 saturated carbocycles. The molecule has 94 valence electrons. The molecule has 5 nitrogen and oxygen atoms in total. The molecule has 1 rings (SSSR count). The zero-order chi connectivity index (χ0) is 13.1. The Labute approximate surface area is 98.9 Å². The number of rotatable bonds is 5. The number of benzene rings is 1. The van der Waals surface area contributed by atoms with Crippen molar-refractivity contribution in [1.29, 1.82) is 0 Å². The molecule has 0 fully saturated rings. The van der Waals surface area contributed by atoms with Gasteiger partial charge in [0.15, 0.2) is 0 Å². The average molecular weight is 260 g/mol. The number of carbonyl (C=O) groups is 1. The number of sulfonamides is 1. The van der Waals surface area contributed by atoms with Crippen LogP contribution >= 0.6 is 0 Å². The van der Waals surface area contributed by atoms with Crippen LogP contribution in [0.25, 0.3) is 0 Å². The summed E-state index contributed by atoms with van der Waals surface area (Å²) in [6.07, 6.45) is 0.458. The van der Waals surface area contributed by atoms with Gasteiger partial charge in [0.2, 0.25) is 10.0 Å². The zero-order valence-electron chi connectivity index (χ0n) is 9.23. The molecular formula is C10H13FN2O3S. The molecule has 0 saturated heterocycles. The summed E-state index contributed by atoms with van der Waals surface area (Å²) in [5, 5.41) is 0. The van der Waals surface area contributed by atoms with Gasteiger partial charge in [0.05, 0.1) is 11.3 Å². The summed E-state index contributed by atoms with van der Waals surface area (Å²) in [4.78, 5) is 10.9. The van der Waals surface area contributed by atoms with Gasteiger partial charge in [0, 0.05) is 5.69 Å². The number of hydrogen-bond acceptors (Lipinski definition) is 3. The van der Waals surface area contributed by atoms with Crippen molar-refractivity contribution in [2.75, 3.05) is 10.5 Å². The molecule has 1 aromatic rings. The minimum atomic E-state index is -3.46. The molecule has 1 aromatic carbocycles. The number of carbonyl (C=O) groups excluding carboxylic acids is 1. The van der Waals surface area contributed by atoms with E-state index in [0.29, 0.717) is 6.42 Å². The largest absolute Gasteiger partial charge is 0.366 e. The Morgan fingerprint density at radius 1 is 1.47 bits per heavy atom. The minimum Gasteiger partial charge on any atom is -0.366 e. The second-order valence-corrected chi connectivity index (χ2v) is 5.32. The second kappa shape index (κ2) is 5.13. The lowest BCUT2D eigenvalue weighted by Crippen LogP contribution is -2.18. The summed E-state index contributed by atoms with van der Waals surface area (Å²) in [7, 11) is -3.46. The van der Waals surface area contributed by atoms with Crippen molar-refractivity contribution in [2.45, 2.75) is 13.3 Å². The molecule has 0 aliphatic carbocycles. The van der Waals surface area contributed by atoms with Crippen LogP contribution in [0.1, 0.15) is 23.7 Å². The van der Waals surface area contributed by atoms with Crippen LogP contribution in [0.2, 0.25) is 0 Å². The number of nitrogens with two attached hydrogens (primary N) is 1. The van der Waals surface area contributed by atoms with Crippen molar-refractivity contribution in [3.05, 3.63) is 29.6 Å². The van der Waals surface area contributed by atoms with Crippen molar-refractivity contribution in [2.24, 2.45) is 5.73 Å². The van der Waals surface area contributed by atoms with Gasteiger partial charge in [-0.2, -0.15) is 0 Å². The molecule has 0 bridgehead atoms. The maximum absolute atomic E-state index is 13.1.